The molecule has 1 aromatic heterocycles. The van der Waals surface area contributed by atoms with Crippen LogP contribution in [0.15, 0.2) is 54.6 Å². The van der Waals surface area contributed by atoms with E-state index in [0.29, 0.717) is 12.1 Å². The van der Waals surface area contributed by atoms with Gasteiger partial charge in [-0.3, -0.25) is 4.79 Å². The Hall–Kier alpha value is -3.15. The number of carbonyl (C=O) groups is 1. The zero-order valence-electron chi connectivity index (χ0n) is 16.5. The van der Waals surface area contributed by atoms with Crippen molar-refractivity contribution < 1.29 is 13.9 Å². The number of carbonyl (C=O) groups excluding carboxylic acids is 1. The van der Waals surface area contributed by atoms with E-state index in [1.807, 2.05) is 30.3 Å². The third kappa shape index (κ3) is 4.16. The van der Waals surface area contributed by atoms with Crippen molar-refractivity contribution in [3.63, 3.8) is 0 Å². The topological polar surface area (TPSA) is 45.7 Å². The van der Waals surface area contributed by atoms with Crippen LogP contribution >= 0.6 is 0 Å². The summed E-state index contributed by atoms with van der Waals surface area (Å²) in [5.41, 5.74) is 1.48. The number of anilines is 1. The molecular formula is C23H24FN3O2. The maximum absolute atomic E-state index is 13.7. The predicted octanol–water partition coefficient (Wildman–Crippen LogP) is 4.13. The molecule has 0 bridgehead atoms. The molecule has 150 valence electrons. The maximum atomic E-state index is 13.7. The van der Waals surface area contributed by atoms with E-state index in [4.69, 9.17) is 9.72 Å². The van der Waals surface area contributed by atoms with Crippen molar-refractivity contribution in [3.8, 4) is 5.75 Å². The molecule has 0 unspecified atom stereocenters. The number of para-hydroxylation sites is 2. The Balaban J connectivity index is 1.53. The van der Waals surface area contributed by atoms with E-state index in [2.05, 4.69) is 4.90 Å². The lowest BCUT2D eigenvalue weighted by Crippen LogP contribution is -2.33. The molecule has 0 atom stereocenters. The fourth-order valence-electron chi connectivity index (χ4n) is 3.59. The molecule has 1 aliphatic heterocycles. The van der Waals surface area contributed by atoms with Crippen LogP contribution in [0.5, 0.6) is 5.75 Å². The number of nitrogens with zero attached hydrogens (tertiary/aromatic N) is 3. The average Bonchev–Trinajstić information content (AvgIpc) is 3.28. The van der Waals surface area contributed by atoms with Crippen molar-refractivity contribution in [1.82, 2.24) is 9.88 Å². The molecule has 6 heteroatoms. The van der Waals surface area contributed by atoms with E-state index in [-0.39, 0.29) is 18.3 Å². The first-order valence-corrected chi connectivity index (χ1v) is 9.91. The number of benzene rings is 2. The summed E-state index contributed by atoms with van der Waals surface area (Å²) in [5.74, 6) is 0.422. The molecule has 0 N–H and O–H groups in total. The third-order valence-corrected chi connectivity index (χ3v) is 5.21. The molecule has 1 amide bonds. The Bertz CT molecular complexity index is 1020. The van der Waals surface area contributed by atoms with Crippen molar-refractivity contribution in [2.24, 2.45) is 0 Å². The molecule has 0 saturated carbocycles. The minimum absolute atomic E-state index is 0.109. The number of likely N-dealkylation sites (N-methyl/N-ethyl adjacent to an activating group) is 1. The summed E-state index contributed by atoms with van der Waals surface area (Å²) < 4.78 is 19.2. The molecule has 0 spiro atoms. The van der Waals surface area contributed by atoms with Gasteiger partial charge in [0.05, 0.1) is 17.6 Å². The van der Waals surface area contributed by atoms with Crippen LogP contribution in [0.2, 0.25) is 0 Å². The van der Waals surface area contributed by atoms with Gasteiger partial charge in [-0.25, -0.2) is 9.37 Å². The second kappa shape index (κ2) is 8.47. The fourth-order valence-corrected chi connectivity index (χ4v) is 3.59. The molecular weight excluding hydrogens is 369 g/mol. The summed E-state index contributed by atoms with van der Waals surface area (Å²) >= 11 is 0. The van der Waals surface area contributed by atoms with Crippen molar-refractivity contribution in [3.05, 3.63) is 66.0 Å². The molecule has 1 fully saturated rings. The summed E-state index contributed by atoms with van der Waals surface area (Å²) in [6.45, 7) is 2.38. The highest BCUT2D eigenvalue weighted by molar-refractivity contribution is 6.02. The molecule has 1 saturated heterocycles. The van der Waals surface area contributed by atoms with Crippen molar-refractivity contribution >= 4 is 22.6 Å². The van der Waals surface area contributed by atoms with Crippen molar-refractivity contribution in [1.29, 1.82) is 0 Å². The SMILES string of the molecule is CN(CCOc1ccccc1F)C(=O)c1cc2ccccc2nc1N1CCCC1. The number of hydrogen-bond acceptors (Lipinski definition) is 4. The standard InChI is InChI=1S/C23H24FN3O2/c1-26(14-15-29-21-11-5-3-9-19(21)24)23(28)18-16-17-8-2-4-10-20(17)25-22(18)27-12-6-7-13-27/h2-5,8-11,16H,6-7,12-15H2,1H3. The van der Waals surface area contributed by atoms with Crippen LogP contribution in [0.25, 0.3) is 10.9 Å². The van der Waals surface area contributed by atoms with Gasteiger partial charge in [0.1, 0.15) is 12.4 Å². The van der Waals surface area contributed by atoms with E-state index in [1.165, 1.54) is 6.07 Å². The molecule has 3 aromatic rings. The lowest BCUT2D eigenvalue weighted by Gasteiger charge is -2.23. The lowest BCUT2D eigenvalue weighted by molar-refractivity contribution is 0.0773. The summed E-state index contributed by atoms with van der Waals surface area (Å²) in [5, 5.41) is 0.940. The van der Waals surface area contributed by atoms with Gasteiger partial charge in [-0.2, -0.15) is 0 Å². The smallest absolute Gasteiger partial charge is 0.257 e. The van der Waals surface area contributed by atoms with Gasteiger partial charge in [-0.1, -0.05) is 30.3 Å². The number of amides is 1. The van der Waals surface area contributed by atoms with Crippen molar-refractivity contribution in [2.45, 2.75) is 12.8 Å². The average molecular weight is 393 g/mol. The summed E-state index contributed by atoms with van der Waals surface area (Å²) in [6, 6.07) is 16.0. The molecule has 0 aliphatic carbocycles. The summed E-state index contributed by atoms with van der Waals surface area (Å²) in [4.78, 5) is 21.8. The van der Waals surface area contributed by atoms with Crippen LogP contribution in [0.3, 0.4) is 0 Å². The number of hydrogen-bond donors (Lipinski definition) is 0. The molecule has 2 aromatic carbocycles. The first-order chi connectivity index (χ1) is 14.1. The van der Waals surface area contributed by atoms with E-state index in [1.54, 1.807) is 30.1 Å². The van der Waals surface area contributed by atoms with Gasteiger partial charge >= 0.3 is 0 Å². The molecule has 0 radical (unpaired) electrons. The Morgan fingerprint density at radius 1 is 1.14 bits per heavy atom. The second-order valence-electron chi connectivity index (χ2n) is 7.25. The molecule has 2 heterocycles. The number of ether oxygens (including phenoxy) is 1. The van der Waals surface area contributed by atoms with Gasteiger partial charge in [-0.15, -0.1) is 0 Å². The van der Waals surface area contributed by atoms with Gasteiger partial charge in [0.15, 0.2) is 11.6 Å². The number of rotatable bonds is 6. The number of aromatic nitrogens is 1. The van der Waals surface area contributed by atoms with Crippen LogP contribution in [-0.4, -0.2) is 49.1 Å². The van der Waals surface area contributed by atoms with E-state index in [0.717, 1.165) is 42.7 Å². The van der Waals surface area contributed by atoms with Crippen LogP contribution in [0.4, 0.5) is 10.2 Å². The largest absolute Gasteiger partial charge is 0.489 e. The zero-order valence-corrected chi connectivity index (χ0v) is 16.5. The van der Waals surface area contributed by atoms with E-state index < -0.39 is 5.82 Å². The third-order valence-electron chi connectivity index (χ3n) is 5.21. The van der Waals surface area contributed by atoms with Crippen molar-refractivity contribution in [2.75, 3.05) is 38.2 Å². The highest BCUT2D eigenvalue weighted by Gasteiger charge is 2.24. The van der Waals surface area contributed by atoms with Crippen LogP contribution in [-0.2, 0) is 0 Å². The quantitative estimate of drug-likeness (QED) is 0.632. The zero-order chi connectivity index (χ0) is 20.2. The maximum Gasteiger partial charge on any atom is 0.257 e. The van der Waals surface area contributed by atoms with E-state index >= 15 is 0 Å². The summed E-state index contributed by atoms with van der Waals surface area (Å²) in [6.07, 6.45) is 2.21. The van der Waals surface area contributed by atoms with Gasteiger partial charge in [-0.05, 0) is 37.1 Å². The second-order valence-corrected chi connectivity index (χ2v) is 7.25. The fraction of sp³-hybridized carbons (Fsp3) is 0.304. The Morgan fingerprint density at radius 3 is 2.66 bits per heavy atom. The predicted molar refractivity (Wildman–Crippen MR) is 112 cm³/mol. The molecule has 5 nitrogen and oxygen atoms in total. The van der Waals surface area contributed by atoms with Crippen LogP contribution in [0.1, 0.15) is 23.2 Å². The number of pyridine rings is 1. The lowest BCUT2D eigenvalue weighted by atomic mass is 10.1. The first-order valence-electron chi connectivity index (χ1n) is 9.91. The minimum Gasteiger partial charge on any atom is -0.489 e. The van der Waals surface area contributed by atoms with Crippen LogP contribution < -0.4 is 9.64 Å². The molecule has 29 heavy (non-hydrogen) atoms. The monoisotopic (exact) mass is 393 g/mol. The van der Waals surface area contributed by atoms with Gasteiger partial charge in [0.2, 0.25) is 0 Å². The number of halogens is 1. The normalized spacial score (nSPS) is 13.7. The van der Waals surface area contributed by atoms with Gasteiger partial charge in [0.25, 0.3) is 5.91 Å². The Morgan fingerprint density at radius 2 is 1.86 bits per heavy atom. The van der Waals surface area contributed by atoms with Gasteiger partial charge in [0, 0.05) is 25.5 Å². The first kappa shape index (κ1) is 19.2. The minimum atomic E-state index is -0.406. The Labute approximate surface area is 169 Å². The molecule has 4 rings (SSSR count). The van der Waals surface area contributed by atoms with Crippen LogP contribution in [0, 0.1) is 5.82 Å². The highest BCUT2D eigenvalue weighted by Crippen LogP contribution is 2.27. The Kier molecular flexibility index (Phi) is 5.60. The molecule has 1 aliphatic rings. The van der Waals surface area contributed by atoms with Gasteiger partial charge < -0.3 is 14.5 Å². The highest BCUT2D eigenvalue weighted by atomic mass is 19.1. The summed E-state index contributed by atoms with van der Waals surface area (Å²) in [7, 11) is 1.73. The van der Waals surface area contributed by atoms with E-state index in [9.17, 15) is 9.18 Å². The number of fused-ring (bicyclic) bond motifs is 1.